The Hall–Kier alpha value is -3.38. The van der Waals surface area contributed by atoms with E-state index in [1.54, 1.807) is 0 Å². The maximum Gasteiger partial charge on any atom is 0.242 e. The van der Waals surface area contributed by atoms with Gasteiger partial charge < -0.3 is 0 Å². The van der Waals surface area contributed by atoms with Gasteiger partial charge in [-0.1, -0.05) is 131 Å². The Balaban J connectivity index is 1.59. The number of hydrogen-bond acceptors (Lipinski definition) is 2. The molecule has 0 spiro atoms. The number of hydrogen-bond donors (Lipinski definition) is 0. The molecule has 0 saturated carbocycles. The SMILES string of the molecule is CC(C)P1P2C(c3ccccc3)=C(c3ccccc3)[C@]1(c1ccccc1)[C@@H]1C(=O)N(c3ccccc3)C(=O)[C@@H]12. The van der Waals surface area contributed by atoms with Crippen molar-refractivity contribution in [2.75, 3.05) is 4.90 Å². The van der Waals surface area contributed by atoms with Crippen molar-refractivity contribution >= 4 is 43.6 Å². The Bertz CT molecular complexity index is 1590. The highest BCUT2D eigenvalue weighted by Crippen LogP contribution is 3.01. The fourth-order valence-corrected chi connectivity index (χ4v) is 19.3. The van der Waals surface area contributed by atoms with Gasteiger partial charge in [-0.2, -0.15) is 0 Å². The number of anilines is 1. The highest BCUT2D eigenvalue weighted by atomic mass is 32.1. The number of nitrogens with zero attached hydrogens (tertiary/aromatic N) is 1. The second-order valence-electron chi connectivity index (χ2n) is 10.6. The zero-order valence-corrected chi connectivity index (χ0v) is 23.7. The number of para-hydroxylation sites is 1. The predicted molar refractivity (Wildman–Crippen MR) is 163 cm³/mol. The molecule has 2 bridgehead atoms. The van der Waals surface area contributed by atoms with Crippen molar-refractivity contribution in [3.63, 3.8) is 0 Å². The number of allylic oxidation sites excluding steroid dienone is 1. The van der Waals surface area contributed by atoms with E-state index in [-0.39, 0.29) is 17.5 Å². The van der Waals surface area contributed by atoms with Crippen molar-refractivity contribution in [2.45, 2.75) is 30.3 Å². The van der Waals surface area contributed by atoms with E-state index in [0.29, 0.717) is 11.3 Å². The Labute approximate surface area is 232 Å². The zero-order chi connectivity index (χ0) is 26.7. The van der Waals surface area contributed by atoms with Crippen LogP contribution in [-0.2, 0) is 14.7 Å². The van der Waals surface area contributed by atoms with E-state index in [1.807, 2.05) is 36.4 Å². The van der Waals surface area contributed by atoms with Gasteiger partial charge in [0.25, 0.3) is 0 Å². The molecule has 3 aliphatic rings. The number of rotatable bonds is 5. The van der Waals surface area contributed by atoms with Crippen LogP contribution in [0.25, 0.3) is 10.9 Å². The van der Waals surface area contributed by atoms with E-state index >= 15 is 0 Å². The Morgan fingerprint density at radius 3 is 1.74 bits per heavy atom. The molecule has 39 heavy (non-hydrogen) atoms. The molecule has 3 heterocycles. The molecule has 4 aromatic rings. The minimum atomic E-state index is -0.937. The van der Waals surface area contributed by atoms with Gasteiger partial charge in [0.1, 0.15) is 0 Å². The van der Waals surface area contributed by atoms with Gasteiger partial charge >= 0.3 is 0 Å². The lowest BCUT2D eigenvalue weighted by molar-refractivity contribution is -0.122. The summed E-state index contributed by atoms with van der Waals surface area (Å²) < 4.78 is 0. The summed E-state index contributed by atoms with van der Waals surface area (Å²) in [5.41, 5.74) is 5.50. The number of carbonyl (C=O) groups excluding carboxylic acids is 2. The maximum absolute atomic E-state index is 14.7. The van der Waals surface area contributed by atoms with Gasteiger partial charge in [-0.05, 0) is 53.0 Å². The van der Waals surface area contributed by atoms with Crippen LogP contribution in [0, 0.1) is 5.92 Å². The number of benzene rings is 4. The van der Waals surface area contributed by atoms with Gasteiger partial charge in [-0.3, -0.25) is 9.59 Å². The van der Waals surface area contributed by atoms with Crippen LogP contribution in [0.4, 0.5) is 5.69 Å². The third kappa shape index (κ3) is 3.37. The quantitative estimate of drug-likeness (QED) is 0.187. The molecular weight excluding hydrogens is 516 g/mol. The van der Waals surface area contributed by atoms with Crippen LogP contribution in [0.1, 0.15) is 30.5 Å². The van der Waals surface area contributed by atoms with Gasteiger partial charge in [0.05, 0.1) is 22.4 Å². The molecule has 0 radical (unpaired) electrons. The van der Waals surface area contributed by atoms with E-state index in [9.17, 15) is 9.59 Å². The average Bonchev–Trinajstić information content (AvgIpc) is 3.57. The molecule has 2 amide bonds. The molecule has 5 atom stereocenters. The molecule has 192 valence electrons. The molecule has 2 unspecified atom stereocenters. The summed E-state index contributed by atoms with van der Waals surface area (Å²) in [6.45, 7) is 4.61. The van der Waals surface area contributed by atoms with Gasteiger partial charge in [-0.25, -0.2) is 4.90 Å². The summed E-state index contributed by atoms with van der Waals surface area (Å²) in [6.07, 6.45) is 0. The van der Waals surface area contributed by atoms with Gasteiger partial charge in [-0.15, -0.1) is 0 Å². The topological polar surface area (TPSA) is 37.4 Å². The van der Waals surface area contributed by atoms with Crippen molar-refractivity contribution < 1.29 is 9.59 Å². The standard InChI is InChI=1S/C34H29NO2P2/c1-23(2)39-34(26-19-11-5-12-20-26)28(24-15-7-3-8-16-24)30(25-17-9-4-10-18-25)38(39)31-29(34)32(36)35(33(31)37)27-21-13-6-14-22-27/h3-23,29,31H,1-2H3/t29-,31+,34+,38?,39?/m0/s1. The van der Waals surface area contributed by atoms with Crippen molar-refractivity contribution in [3.05, 3.63) is 138 Å². The molecule has 2 saturated heterocycles. The van der Waals surface area contributed by atoms with E-state index in [4.69, 9.17) is 0 Å². The van der Waals surface area contributed by atoms with Crippen LogP contribution < -0.4 is 4.90 Å². The summed E-state index contributed by atoms with van der Waals surface area (Å²) >= 11 is 0. The molecule has 2 fully saturated rings. The Morgan fingerprint density at radius 1 is 0.667 bits per heavy atom. The zero-order valence-electron chi connectivity index (χ0n) is 21.9. The Morgan fingerprint density at radius 2 is 1.18 bits per heavy atom. The summed E-state index contributed by atoms with van der Waals surface area (Å²) in [4.78, 5) is 30.6. The second-order valence-corrected chi connectivity index (χ2v) is 17.3. The fraction of sp³-hybridized carbons (Fsp3) is 0.176. The first kappa shape index (κ1) is 24.6. The van der Waals surface area contributed by atoms with Crippen LogP contribution in [0.5, 0.6) is 0 Å². The molecule has 7 rings (SSSR count). The molecule has 3 aliphatic heterocycles. The van der Waals surface area contributed by atoms with Crippen LogP contribution in [0.15, 0.2) is 121 Å². The summed E-state index contributed by atoms with van der Waals surface area (Å²) in [5.74, 6) is -0.470. The molecule has 0 aromatic heterocycles. The molecule has 5 heteroatoms. The monoisotopic (exact) mass is 545 g/mol. The first-order chi connectivity index (χ1) is 19.1. The maximum atomic E-state index is 14.7. The highest BCUT2D eigenvalue weighted by molar-refractivity contribution is 8.37. The lowest BCUT2D eigenvalue weighted by atomic mass is 9.74. The van der Waals surface area contributed by atoms with Crippen LogP contribution in [0.3, 0.4) is 0 Å². The normalized spacial score (nSPS) is 27.5. The van der Waals surface area contributed by atoms with Gasteiger partial charge in [0.2, 0.25) is 11.8 Å². The van der Waals surface area contributed by atoms with Crippen molar-refractivity contribution in [2.24, 2.45) is 5.92 Å². The molecule has 0 N–H and O–H groups in total. The average molecular weight is 546 g/mol. The number of fused-ring (bicyclic) bond motifs is 5. The van der Waals surface area contributed by atoms with Crippen LogP contribution in [-0.4, -0.2) is 23.1 Å². The van der Waals surface area contributed by atoms with Crippen molar-refractivity contribution in [1.82, 2.24) is 0 Å². The minimum absolute atomic E-state index is 0.0196. The van der Waals surface area contributed by atoms with E-state index in [1.165, 1.54) is 26.9 Å². The second kappa shape index (κ2) is 9.37. The third-order valence-corrected chi connectivity index (χ3v) is 18.2. The minimum Gasteiger partial charge on any atom is -0.274 e. The molecular formula is C34H29NO2P2. The molecule has 0 aliphatic carbocycles. The fourth-order valence-electron chi connectivity index (χ4n) is 7.04. The predicted octanol–water partition coefficient (Wildman–Crippen LogP) is 8.32. The van der Waals surface area contributed by atoms with Gasteiger partial charge in [0, 0.05) is 0 Å². The molecule has 4 aromatic carbocycles. The van der Waals surface area contributed by atoms with Gasteiger partial charge in [0.15, 0.2) is 0 Å². The largest absolute Gasteiger partial charge is 0.274 e. The van der Waals surface area contributed by atoms with E-state index < -0.39 is 26.3 Å². The smallest absolute Gasteiger partial charge is 0.242 e. The summed E-state index contributed by atoms with van der Waals surface area (Å²) in [6, 6.07) is 41.4. The van der Waals surface area contributed by atoms with E-state index in [2.05, 4.69) is 98.8 Å². The van der Waals surface area contributed by atoms with Crippen molar-refractivity contribution in [3.8, 4) is 0 Å². The number of imide groups is 1. The summed E-state index contributed by atoms with van der Waals surface area (Å²) in [7, 11) is -1.69. The summed E-state index contributed by atoms with van der Waals surface area (Å²) in [5, 5.41) is 0.780. The highest BCUT2D eigenvalue weighted by Gasteiger charge is 2.76. The van der Waals surface area contributed by atoms with Crippen LogP contribution in [0.2, 0.25) is 0 Å². The van der Waals surface area contributed by atoms with Crippen molar-refractivity contribution in [1.29, 1.82) is 0 Å². The molecule has 3 nitrogen and oxygen atoms in total. The first-order valence-electron chi connectivity index (χ1n) is 13.5. The number of carbonyl (C=O) groups is 2. The Kier molecular flexibility index (Phi) is 5.92. The lowest BCUT2D eigenvalue weighted by Gasteiger charge is -2.41. The number of amides is 2. The third-order valence-electron chi connectivity index (χ3n) is 8.26. The van der Waals surface area contributed by atoms with Crippen LogP contribution >= 0.6 is 15.2 Å². The lowest BCUT2D eigenvalue weighted by Crippen LogP contribution is -2.41. The van der Waals surface area contributed by atoms with E-state index in [0.717, 1.165) is 5.56 Å². The first-order valence-corrected chi connectivity index (χ1v) is 17.0.